The van der Waals surface area contributed by atoms with E-state index >= 15 is 0 Å². The van der Waals surface area contributed by atoms with E-state index in [2.05, 4.69) is 6.58 Å². The van der Waals surface area contributed by atoms with Crippen molar-refractivity contribution in [2.24, 2.45) is 0 Å². The van der Waals surface area contributed by atoms with Crippen LogP contribution in [0.3, 0.4) is 0 Å². The van der Waals surface area contributed by atoms with Crippen molar-refractivity contribution < 1.29 is 23.4 Å². The van der Waals surface area contributed by atoms with Gasteiger partial charge in [-0.3, -0.25) is 4.79 Å². The number of Topliss-reactive ketones (excluding diaryl/α,β-unsaturated/α-hetero) is 1. The third kappa shape index (κ3) is 2.68. The molecule has 1 aliphatic heterocycles. The lowest BCUT2D eigenvalue weighted by Gasteiger charge is -2.10. The maximum Gasteiger partial charge on any atom is 0.235 e. The molecular formula is C22H18O5. The normalized spacial score (nSPS) is 14.3. The molecule has 27 heavy (non-hydrogen) atoms. The first-order chi connectivity index (χ1) is 13.2. The van der Waals surface area contributed by atoms with Crippen LogP contribution >= 0.6 is 0 Å². The van der Waals surface area contributed by atoms with Crippen LogP contribution in [0.2, 0.25) is 0 Å². The Morgan fingerprint density at radius 1 is 1.11 bits per heavy atom. The molecular weight excluding hydrogens is 344 g/mol. The predicted octanol–water partition coefficient (Wildman–Crippen LogP) is 4.79. The molecule has 0 N–H and O–H groups in total. The molecule has 0 radical (unpaired) electrons. The van der Waals surface area contributed by atoms with Crippen molar-refractivity contribution in [3.63, 3.8) is 0 Å². The van der Waals surface area contributed by atoms with E-state index in [4.69, 9.17) is 18.6 Å². The largest absolute Gasteiger partial charge is 0.497 e. The Morgan fingerprint density at radius 3 is 2.56 bits per heavy atom. The van der Waals surface area contributed by atoms with Crippen molar-refractivity contribution in [3.8, 4) is 17.2 Å². The van der Waals surface area contributed by atoms with Crippen LogP contribution < -0.4 is 14.2 Å². The molecule has 0 atom stereocenters. The van der Waals surface area contributed by atoms with Crippen LogP contribution in [-0.4, -0.2) is 20.0 Å². The highest BCUT2D eigenvalue weighted by Gasteiger charge is 2.36. The van der Waals surface area contributed by atoms with E-state index in [0.717, 1.165) is 22.3 Å². The van der Waals surface area contributed by atoms with Gasteiger partial charge >= 0.3 is 0 Å². The van der Waals surface area contributed by atoms with Crippen LogP contribution in [0.15, 0.2) is 59.4 Å². The van der Waals surface area contributed by atoms with Gasteiger partial charge in [0.1, 0.15) is 28.4 Å². The highest BCUT2D eigenvalue weighted by molar-refractivity contribution is 6.19. The number of benzene rings is 2. The van der Waals surface area contributed by atoms with Crippen LogP contribution in [0.1, 0.15) is 21.5 Å². The van der Waals surface area contributed by atoms with Gasteiger partial charge in [-0.1, -0.05) is 18.2 Å². The SMILES string of the molecule is C=CCc1c2c(c(OC)c3ccoc13)C(=O)/C(=C/c1ccc(OC)cc1)O2. The number of ether oxygens (including phenoxy) is 3. The van der Waals surface area contributed by atoms with Gasteiger partial charge in [-0.05, 0) is 36.3 Å². The van der Waals surface area contributed by atoms with Crippen molar-refractivity contribution in [2.75, 3.05) is 14.2 Å². The van der Waals surface area contributed by atoms with Crippen molar-refractivity contribution in [3.05, 3.63) is 71.7 Å². The molecule has 2 aromatic carbocycles. The van der Waals surface area contributed by atoms with Crippen molar-refractivity contribution in [1.82, 2.24) is 0 Å². The van der Waals surface area contributed by atoms with Gasteiger partial charge < -0.3 is 18.6 Å². The lowest BCUT2D eigenvalue weighted by Crippen LogP contribution is -2.00. The maximum atomic E-state index is 13.1. The van der Waals surface area contributed by atoms with Gasteiger partial charge in [0.15, 0.2) is 5.76 Å². The Bertz CT molecular complexity index is 1070. The number of rotatable bonds is 5. The lowest BCUT2D eigenvalue weighted by atomic mass is 9.99. The lowest BCUT2D eigenvalue weighted by molar-refractivity contribution is 0.101. The summed E-state index contributed by atoms with van der Waals surface area (Å²) in [6.45, 7) is 3.80. The van der Waals surface area contributed by atoms with E-state index in [1.54, 1.807) is 31.6 Å². The zero-order valence-electron chi connectivity index (χ0n) is 15.1. The average Bonchev–Trinajstić information content (AvgIpc) is 3.29. The molecule has 1 aromatic heterocycles. The van der Waals surface area contributed by atoms with Crippen molar-refractivity contribution in [1.29, 1.82) is 0 Å². The summed E-state index contributed by atoms with van der Waals surface area (Å²) in [5.74, 6) is 1.70. The summed E-state index contributed by atoms with van der Waals surface area (Å²) in [6.07, 6.45) is 5.55. The number of fused-ring (bicyclic) bond motifs is 2. The zero-order valence-corrected chi connectivity index (χ0v) is 15.1. The highest BCUT2D eigenvalue weighted by atomic mass is 16.5. The van der Waals surface area contributed by atoms with Crippen LogP contribution in [0, 0.1) is 0 Å². The molecule has 0 unspecified atom stereocenters. The third-order valence-corrected chi connectivity index (χ3v) is 4.54. The molecule has 0 bridgehead atoms. The minimum absolute atomic E-state index is 0.217. The first-order valence-electron chi connectivity index (χ1n) is 8.47. The van der Waals surface area contributed by atoms with Crippen LogP contribution in [0.4, 0.5) is 0 Å². The van der Waals surface area contributed by atoms with Gasteiger partial charge in [-0.25, -0.2) is 0 Å². The smallest absolute Gasteiger partial charge is 0.235 e. The van der Waals surface area contributed by atoms with E-state index in [1.165, 1.54) is 7.11 Å². The third-order valence-electron chi connectivity index (χ3n) is 4.54. The molecule has 2 heterocycles. The Morgan fingerprint density at radius 2 is 1.89 bits per heavy atom. The fourth-order valence-corrected chi connectivity index (χ4v) is 3.30. The molecule has 0 saturated carbocycles. The fraction of sp³-hybridized carbons (Fsp3) is 0.136. The van der Waals surface area contributed by atoms with E-state index in [-0.39, 0.29) is 11.5 Å². The molecule has 0 aliphatic carbocycles. The number of methoxy groups -OCH3 is 2. The number of carbonyl (C=O) groups is 1. The van der Waals surface area contributed by atoms with E-state index in [0.29, 0.717) is 29.1 Å². The molecule has 1 aliphatic rings. The monoisotopic (exact) mass is 362 g/mol. The second-order valence-electron chi connectivity index (χ2n) is 6.09. The van der Waals surface area contributed by atoms with Gasteiger partial charge in [-0.15, -0.1) is 6.58 Å². The summed E-state index contributed by atoms with van der Waals surface area (Å²) < 4.78 is 22.3. The van der Waals surface area contributed by atoms with Gasteiger partial charge in [-0.2, -0.15) is 0 Å². The van der Waals surface area contributed by atoms with E-state index < -0.39 is 0 Å². The molecule has 3 aromatic rings. The van der Waals surface area contributed by atoms with E-state index in [1.807, 2.05) is 24.3 Å². The minimum atomic E-state index is -0.217. The standard InChI is InChI=1S/C22H18O5/c1-4-5-15-20-16(10-11-26-20)21(25-3)18-19(23)17(27-22(15)18)12-13-6-8-14(24-2)9-7-13/h4,6-12H,1,5H2,2-3H3/b17-12-. The first kappa shape index (κ1) is 17.0. The predicted molar refractivity (Wildman–Crippen MR) is 103 cm³/mol. The molecule has 5 heteroatoms. The Kier molecular flexibility index (Phi) is 4.20. The zero-order chi connectivity index (χ0) is 19.0. The Balaban J connectivity index is 1.86. The molecule has 136 valence electrons. The summed E-state index contributed by atoms with van der Waals surface area (Å²) in [5, 5.41) is 0.746. The summed E-state index contributed by atoms with van der Waals surface area (Å²) in [6, 6.07) is 9.17. The molecule has 0 fully saturated rings. The number of hydrogen-bond donors (Lipinski definition) is 0. The molecule has 0 spiro atoms. The quantitative estimate of drug-likeness (QED) is 0.482. The maximum absolute atomic E-state index is 13.1. The molecule has 0 amide bonds. The summed E-state index contributed by atoms with van der Waals surface area (Å²) >= 11 is 0. The molecule has 4 rings (SSSR count). The van der Waals surface area contributed by atoms with Gasteiger partial charge in [0.2, 0.25) is 5.78 Å². The highest BCUT2D eigenvalue weighted by Crippen LogP contribution is 2.47. The summed E-state index contributed by atoms with van der Waals surface area (Å²) in [5.41, 5.74) is 2.68. The van der Waals surface area contributed by atoms with Crippen molar-refractivity contribution in [2.45, 2.75) is 6.42 Å². The van der Waals surface area contributed by atoms with Gasteiger partial charge in [0.25, 0.3) is 0 Å². The van der Waals surface area contributed by atoms with Crippen LogP contribution in [0.5, 0.6) is 17.2 Å². The molecule has 5 nitrogen and oxygen atoms in total. The number of ketones is 1. The van der Waals surface area contributed by atoms with Crippen LogP contribution in [-0.2, 0) is 6.42 Å². The van der Waals surface area contributed by atoms with Crippen LogP contribution in [0.25, 0.3) is 17.0 Å². The average molecular weight is 362 g/mol. The number of carbonyl (C=O) groups excluding carboxylic acids is 1. The summed E-state index contributed by atoms with van der Waals surface area (Å²) in [4.78, 5) is 13.1. The Labute approximate surface area is 156 Å². The van der Waals surface area contributed by atoms with Gasteiger partial charge in [0, 0.05) is 5.56 Å². The topological polar surface area (TPSA) is 57.9 Å². The number of furan rings is 1. The fourth-order valence-electron chi connectivity index (χ4n) is 3.30. The number of allylic oxidation sites excluding steroid dienone is 2. The second-order valence-corrected chi connectivity index (χ2v) is 6.09. The van der Waals surface area contributed by atoms with Crippen molar-refractivity contribution >= 4 is 22.8 Å². The molecule has 0 saturated heterocycles. The first-order valence-corrected chi connectivity index (χ1v) is 8.47. The number of hydrogen-bond acceptors (Lipinski definition) is 5. The van der Waals surface area contributed by atoms with Gasteiger partial charge in [0.05, 0.1) is 25.9 Å². The van der Waals surface area contributed by atoms with E-state index in [9.17, 15) is 4.79 Å². The minimum Gasteiger partial charge on any atom is -0.497 e. The second kappa shape index (κ2) is 6.68. The Hall–Kier alpha value is -3.47. The summed E-state index contributed by atoms with van der Waals surface area (Å²) in [7, 11) is 3.14.